The topological polar surface area (TPSA) is 54.5 Å². The monoisotopic (exact) mass is 291 g/mol. The second-order valence-corrected chi connectivity index (χ2v) is 5.31. The summed E-state index contributed by atoms with van der Waals surface area (Å²) in [5, 5.41) is 3.02. The standard InChI is InChI=1S/C16H25N3O2/c1-2-21-13-3-8-18-16(20)14-6-11-19(12-7-14)15-4-9-17-10-5-15/h4-5,9-10,14H,2-3,6-8,11-13H2,1H3,(H,18,20). The molecule has 1 aliphatic heterocycles. The maximum atomic E-state index is 12.1. The highest BCUT2D eigenvalue weighted by atomic mass is 16.5. The van der Waals surface area contributed by atoms with Crippen LogP contribution >= 0.6 is 0 Å². The van der Waals surface area contributed by atoms with Gasteiger partial charge in [0.15, 0.2) is 0 Å². The van der Waals surface area contributed by atoms with Crippen molar-refractivity contribution in [3.63, 3.8) is 0 Å². The van der Waals surface area contributed by atoms with E-state index in [1.54, 1.807) is 0 Å². The molecule has 21 heavy (non-hydrogen) atoms. The summed E-state index contributed by atoms with van der Waals surface area (Å²) in [5.41, 5.74) is 1.19. The van der Waals surface area contributed by atoms with Gasteiger partial charge in [0.25, 0.3) is 0 Å². The van der Waals surface area contributed by atoms with Crippen molar-refractivity contribution in [2.24, 2.45) is 5.92 Å². The van der Waals surface area contributed by atoms with E-state index in [0.717, 1.165) is 45.6 Å². The number of anilines is 1. The Labute approximate surface area is 126 Å². The van der Waals surface area contributed by atoms with Gasteiger partial charge in [-0.1, -0.05) is 0 Å². The van der Waals surface area contributed by atoms with Gasteiger partial charge in [-0.3, -0.25) is 9.78 Å². The minimum absolute atomic E-state index is 0.148. The Bertz CT molecular complexity index is 417. The molecule has 1 aromatic rings. The van der Waals surface area contributed by atoms with Crippen LogP contribution < -0.4 is 10.2 Å². The van der Waals surface area contributed by atoms with E-state index in [1.807, 2.05) is 31.5 Å². The number of rotatable bonds is 7. The Hall–Kier alpha value is -1.62. The molecule has 0 unspecified atom stereocenters. The number of nitrogens with zero attached hydrogens (tertiary/aromatic N) is 2. The lowest BCUT2D eigenvalue weighted by molar-refractivity contribution is -0.125. The molecule has 0 atom stereocenters. The highest BCUT2D eigenvalue weighted by molar-refractivity contribution is 5.78. The average Bonchev–Trinajstić information content (AvgIpc) is 2.55. The molecule has 5 heteroatoms. The van der Waals surface area contributed by atoms with Gasteiger partial charge in [0, 0.05) is 56.8 Å². The van der Waals surface area contributed by atoms with Crippen molar-refractivity contribution in [2.75, 3.05) is 37.7 Å². The third kappa shape index (κ3) is 5.01. The van der Waals surface area contributed by atoms with E-state index in [0.29, 0.717) is 6.54 Å². The summed E-state index contributed by atoms with van der Waals surface area (Å²) in [7, 11) is 0. The predicted molar refractivity (Wildman–Crippen MR) is 83.3 cm³/mol. The fourth-order valence-corrected chi connectivity index (χ4v) is 2.63. The average molecular weight is 291 g/mol. The lowest BCUT2D eigenvalue weighted by atomic mass is 9.95. The number of aromatic nitrogens is 1. The maximum Gasteiger partial charge on any atom is 0.223 e. The lowest BCUT2D eigenvalue weighted by Crippen LogP contribution is -2.40. The third-order valence-electron chi connectivity index (χ3n) is 3.86. The summed E-state index contributed by atoms with van der Waals surface area (Å²) in [4.78, 5) is 18.5. The molecular weight excluding hydrogens is 266 g/mol. The van der Waals surface area contributed by atoms with E-state index >= 15 is 0 Å². The smallest absolute Gasteiger partial charge is 0.223 e. The highest BCUT2D eigenvalue weighted by Gasteiger charge is 2.24. The summed E-state index contributed by atoms with van der Waals surface area (Å²) in [6.07, 6.45) is 6.34. The first-order valence-electron chi connectivity index (χ1n) is 7.81. The van der Waals surface area contributed by atoms with Crippen molar-refractivity contribution in [2.45, 2.75) is 26.2 Å². The fraction of sp³-hybridized carbons (Fsp3) is 0.625. The Morgan fingerprint density at radius 2 is 2.10 bits per heavy atom. The van der Waals surface area contributed by atoms with Gasteiger partial charge in [-0.15, -0.1) is 0 Å². The van der Waals surface area contributed by atoms with Crippen molar-refractivity contribution in [3.05, 3.63) is 24.5 Å². The summed E-state index contributed by atoms with van der Waals surface area (Å²) in [6, 6.07) is 4.04. The van der Waals surface area contributed by atoms with Crippen molar-refractivity contribution in [1.82, 2.24) is 10.3 Å². The molecular formula is C16H25N3O2. The van der Waals surface area contributed by atoms with E-state index in [2.05, 4.69) is 15.2 Å². The van der Waals surface area contributed by atoms with Crippen molar-refractivity contribution in [3.8, 4) is 0 Å². The van der Waals surface area contributed by atoms with E-state index in [1.165, 1.54) is 5.69 Å². The minimum atomic E-state index is 0.148. The normalized spacial score (nSPS) is 16.0. The molecule has 1 aromatic heterocycles. The largest absolute Gasteiger partial charge is 0.382 e. The quantitative estimate of drug-likeness (QED) is 0.779. The van der Waals surface area contributed by atoms with Crippen LogP contribution in [0.3, 0.4) is 0 Å². The Kier molecular flexibility index (Phi) is 6.47. The molecule has 0 radical (unpaired) electrons. The molecule has 0 spiro atoms. The van der Waals surface area contributed by atoms with Crippen LogP contribution in [0.5, 0.6) is 0 Å². The zero-order valence-corrected chi connectivity index (χ0v) is 12.8. The Morgan fingerprint density at radius 1 is 1.38 bits per heavy atom. The molecule has 116 valence electrons. The molecule has 2 rings (SSSR count). The first-order valence-corrected chi connectivity index (χ1v) is 7.81. The number of nitrogens with one attached hydrogen (secondary N) is 1. The summed E-state index contributed by atoms with van der Waals surface area (Å²) in [6.45, 7) is 6.01. The van der Waals surface area contributed by atoms with E-state index in [-0.39, 0.29) is 11.8 Å². The molecule has 1 amide bonds. The highest BCUT2D eigenvalue weighted by Crippen LogP contribution is 2.22. The van der Waals surface area contributed by atoms with Crippen LogP contribution in [0.1, 0.15) is 26.2 Å². The van der Waals surface area contributed by atoms with E-state index < -0.39 is 0 Å². The molecule has 1 saturated heterocycles. The summed E-state index contributed by atoms with van der Waals surface area (Å²) in [5.74, 6) is 0.344. The van der Waals surface area contributed by atoms with Crippen molar-refractivity contribution in [1.29, 1.82) is 0 Å². The van der Waals surface area contributed by atoms with Crippen molar-refractivity contribution >= 4 is 11.6 Å². The van der Waals surface area contributed by atoms with Gasteiger partial charge in [-0.2, -0.15) is 0 Å². The first kappa shape index (κ1) is 15.8. The minimum Gasteiger partial charge on any atom is -0.382 e. The summed E-state index contributed by atoms with van der Waals surface area (Å²) < 4.78 is 5.26. The number of pyridine rings is 1. The number of hydrogen-bond donors (Lipinski definition) is 1. The fourth-order valence-electron chi connectivity index (χ4n) is 2.63. The van der Waals surface area contributed by atoms with Gasteiger partial charge in [-0.05, 0) is 38.3 Å². The lowest BCUT2D eigenvalue weighted by Gasteiger charge is -2.32. The molecule has 0 aliphatic carbocycles. The van der Waals surface area contributed by atoms with Gasteiger partial charge in [0.2, 0.25) is 5.91 Å². The second kappa shape index (κ2) is 8.62. The maximum absolute atomic E-state index is 12.1. The second-order valence-electron chi connectivity index (χ2n) is 5.31. The van der Waals surface area contributed by atoms with Crippen LogP contribution in [0, 0.1) is 5.92 Å². The van der Waals surface area contributed by atoms with E-state index in [4.69, 9.17) is 4.74 Å². The number of amides is 1. The van der Waals surface area contributed by atoms with Gasteiger partial charge in [0.05, 0.1) is 0 Å². The SMILES string of the molecule is CCOCCCNC(=O)C1CCN(c2ccncc2)CC1. The number of carbonyl (C=O) groups is 1. The molecule has 0 bridgehead atoms. The Balaban J connectivity index is 1.67. The van der Waals surface area contributed by atoms with Crippen LogP contribution in [0.25, 0.3) is 0 Å². The number of piperidine rings is 1. The Morgan fingerprint density at radius 3 is 2.76 bits per heavy atom. The molecule has 0 saturated carbocycles. The number of ether oxygens (including phenoxy) is 1. The zero-order valence-electron chi connectivity index (χ0n) is 12.8. The van der Waals surface area contributed by atoms with Crippen LogP contribution in [0.2, 0.25) is 0 Å². The van der Waals surface area contributed by atoms with Gasteiger partial charge < -0.3 is 15.0 Å². The molecule has 1 aliphatic rings. The van der Waals surface area contributed by atoms with Gasteiger partial charge in [-0.25, -0.2) is 0 Å². The molecule has 1 N–H and O–H groups in total. The zero-order chi connectivity index (χ0) is 14.9. The van der Waals surface area contributed by atoms with Crippen LogP contribution in [-0.4, -0.2) is 43.7 Å². The number of carbonyl (C=O) groups excluding carboxylic acids is 1. The molecule has 2 heterocycles. The van der Waals surface area contributed by atoms with Crippen LogP contribution in [-0.2, 0) is 9.53 Å². The summed E-state index contributed by atoms with van der Waals surface area (Å²) >= 11 is 0. The molecule has 0 aromatic carbocycles. The first-order chi connectivity index (χ1) is 10.3. The molecule has 5 nitrogen and oxygen atoms in total. The van der Waals surface area contributed by atoms with Gasteiger partial charge in [0.1, 0.15) is 0 Å². The third-order valence-corrected chi connectivity index (χ3v) is 3.86. The van der Waals surface area contributed by atoms with Gasteiger partial charge >= 0.3 is 0 Å². The van der Waals surface area contributed by atoms with Crippen LogP contribution in [0.15, 0.2) is 24.5 Å². The van der Waals surface area contributed by atoms with Crippen molar-refractivity contribution < 1.29 is 9.53 Å². The number of hydrogen-bond acceptors (Lipinski definition) is 4. The molecule has 1 fully saturated rings. The van der Waals surface area contributed by atoms with Crippen LogP contribution in [0.4, 0.5) is 5.69 Å². The predicted octanol–water partition coefficient (Wildman–Crippen LogP) is 1.84. The van der Waals surface area contributed by atoms with E-state index in [9.17, 15) is 4.79 Å².